The van der Waals surface area contributed by atoms with Gasteiger partial charge >= 0.3 is 14.7 Å². The lowest BCUT2D eigenvalue weighted by Crippen LogP contribution is -2.50. The van der Waals surface area contributed by atoms with Gasteiger partial charge in [0.25, 0.3) is 0 Å². The van der Waals surface area contributed by atoms with E-state index in [-0.39, 0.29) is 24.2 Å². The fraction of sp³-hybridized carbons (Fsp3) is 0.917. The van der Waals surface area contributed by atoms with Crippen molar-refractivity contribution in [2.24, 2.45) is 40.4 Å². The van der Waals surface area contributed by atoms with Crippen LogP contribution in [-0.2, 0) is 27.8 Å². The zero-order valence-corrected chi connectivity index (χ0v) is 31.8. The second-order valence-electron chi connectivity index (χ2n) is 15.3. The number of ether oxygens (including phenoxy) is 4. The third kappa shape index (κ3) is 11.3. The van der Waals surface area contributed by atoms with Gasteiger partial charge in [-0.3, -0.25) is 4.31 Å². The first kappa shape index (κ1) is 39.4. The van der Waals surface area contributed by atoms with Crippen LogP contribution in [0.4, 0.5) is 4.79 Å². The van der Waals surface area contributed by atoms with Crippen LogP contribution in [0.5, 0.6) is 0 Å². The molecule has 4 aliphatic carbocycles. The minimum atomic E-state index is -1.84. The predicted octanol–water partition coefficient (Wildman–Crippen LogP) is 8.36. The summed E-state index contributed by atoms with van der Waals surface area (Å²) in [5.41, 5.74) is 2.38. The van der Waals surface area contributed by atoms with Crippen molar-refractivity contribution in [1.29, 1.82) is 0 Å². The third-order valence-corrected chi connectivity index (χ3v) is 13.2. The topological polar surface area (TPSA) is 105 Å². The minimum Gasteiger partial charge on any atom is -0.446 e. The zero-order chi connectivity index (χ0) is 33.7. The molecule has 0 saturated heterocycles. The molecular formula is C36H65NO8P2. The van der Waals surface area contributed by atoms with Gasteiger partial charge in [0, 0.05) is 29.0 Å². The maximum atomic E-state index is 12.6. The first-order valence-corrected chi connectivity index (χ1v) is 20.1. The van der Waals surface area contributed by atoms with Gasteiger partial charge in [0.05, 0.1) is 39.6 Å². The van der Waals surface area contributed by atoms with Gasteiger partial charge in [-0.2, -0.15) is 0 Å². The van der Waals surface area contributed by atoms with Gasteiger partial charge in [-0.15, -0.1) is 0 Å². The van der Waals surface area contributed by atoms with Gasteiger partial charge in [-0.25, -0.2) is 4.79 Å². The summed E-state index contributed by atoms with van der Waals surface area (Å²) >= 11 is 0. The summed E-state index contributed by atoms with van der Waals surface area (Å²) in [6.45, 7) is 13.5. The average Bonchev–Trinajstić information content (AvgIpc) is 3.39. The van der Waals surface area contributed by atoms with Gasteiger partial charge in [-0.05, 0) is 98.2 Å². The normalized spacial score (nSPS) is 32.3. The Kier molecular flexibility index (Phi) is 16.7. The predicted molar refractivity (Wildman–Crippen MR) is 190 cm³/mol. The summed E-state index contributed by atoms with van der Waals surface area (Å²) in [6.07, 6.45) is 18.5. The van der Waals surface area contributed by atoms with E-state index in [2.05, 4.69) is 43.4 Å². The number of alkyl carbamates (subject to hydrolysis) is 1. The van der Waals surface area contributed by atoms with E-state index in [4.69, 9.17) is 28.4 Å². The van der Waals surface area contributed by atoms with E-state index >= 15 is 0 Å². The number of carbonyl (C=O) groups is 1. The number of amides is 1. The van der Waals surface area contributed by atoms with E-state index in [1.807, 2.05) is 9.47 Å². The molecule has 0 aromatic rings. The van der Waals surface area contributed by atoms with Crippen LogP contribution in [0.1, 0.15) is 111 Å². The standard InChI is InChI=1S/C36H65NO8P2/c1-27(2)8-5-6-9-28-11-13-32-31-12-10-29-26-30(14-16-36(29,4)33(31)15-17-35(28,32)3)44-34(38)37-18-7-19-40-20-21-41-22-23-42-24-25-43-47(39)45-46/h10,27-28,30-33,39H,5-9,11-26,46H2,1-4H3,(H,37,38). The molecule has 47 heavy (non-hydrogen) atoms. The summed E-state index contributed by atoms with van der Waals surface area (Å²) in [5, 5.41) is 2.92. The van der Waals surface area contributed by atoms with E-state index in [9.17, 15) is 4.79 Å². The van der Waals surface area contributed by atoms with E-state index < -0.39 is 8.60 Å². The highest BCUT2D eigenvalue weighted by Crippen LogP contribution is 2.66. The van der Waals surface area contributed by atoms with Gasteiger partial charge in [-0.1, -0.05) is 58.6 Å². The fourth-order valence-corrected chi connectivity index (χ4v) is 10.0. The molecule has 11 heteroatoms. The largest absolute Gasteiger partial charge is 0.446 e. The molecule has 272 valence electrons. The molecule has 9 atom stereocenters. The summed E-state index contributed by atoms with van der Waals surface area (Å²) in [5.74, 6) is 4.26. The molecule has 4 rings (SSSR count). The fourth-order valence-electron chi connectivity index (χ4n) is 9.56. The maximum Gasteiger partial charge on any atom is 0.407 e. The molecule has 0 aromatic carbocycles. The van der Waals surface area contributed by atoms with Crippen LogP contribution in [0.2, 0.25) is 0 Å². The van der Waals surface area contributed by atoms with Gasteiger partial charge in [0.15, 0.2) is 0 Å². The summed E-state index contributed by atoms with van der Waals surface area (Å²) in [7, 11) is 0.122. The van der Waals surface area contributed by atoms with Crippen molar-refractivity contribution in [2.45, 2.75) is 117 Å². The van der Waals surface area contributed by atoms with Gasteiger partial charge in [0.1, 0.15) is 6.10 Å². The molecule has 0 aromatic heterocycles. The molecule has 0 radical (unpaired) electrons. The molecule has 1 amide bonds. The number of fused-ring (bicyclic) bond motifs is 5. The number of allylic oxidation sites excluding steroid dienone is 1. The van der Waals surface area contributed by atoms with Crippen LogP contribution in [0.3, 0.4) is 0 Å². The smallest absolute Gasteiger partial charge is 0.407 e. The Morgan fingerprint density at radius 2 is 1.68 bits per heavy atom. The molecule has 4 aliphatic rings. The number of hydrogen-bond donors (Lipinski definition) is 2. The number of hydrogen-bond acceptors (Lipinski definition) is 8. The molecule has 9 unspecified atom stereocenters. The van der Waals surface area contributed by atoms with Crippen LogP contribution in [0.25, 0.3) is 0 Å². The van der Waals surface area contributed by atoms with Gasteiger partial charge in [0.2, 0.25) is 0 Å². The van der Waals surface area contributed by atoms with Crippen molar-refractivity contribution >= 4 is 24.2 Å². The highest BCUT2D eigenvalue weighted by Gasteiger charge is 2.58. The summed E-state index contributed by atoms with van der Waals surface area (Å²) in [4.78, 5) is 21.7. The molecule has 3 saturated carbocycles. The molecule has 0 heterocycles. The third-order valence-electron chi connectivity index (χ3n) is 12.1. The maximum absolute atomic E-state index is 12.6. The Morgan fingerprint density at radius 3 is 2.40 bits per heavy atom. The number of unbranched alkanes of at least 4 members (excludes halogenated alkanes) is 1. The average molecular weight is 702 g/mol. The van der Waals surface area contributed by atoms with Crippen LogP contribution in [-0.4, -0.2) is 69.9 Å². The number of rotatable bonds is 21. The van der Waals surface area contributed by atoms with Crippen molar-refractivity contribution < 1.29 is 37.5 Å². The molecule has 0 spiro atoms. The lowest BCUT2D eigenvalue weighted by molar-refractivity contribution is -0.0519. The van der Waals surface area contributed by atoms with Crippen LogP contribution >= 0.6 is 18.1 Å². The Morgan fingerprint density at radius 1 is 0.957 bits per heavy atom. The molecule has 2 N–H and O–H groups in total. The van der Waals surface area contributed by atoms with Crippen molar-refractivity contribution in [3.8, 4) is 0 Å². The van der Waals surface area contributed by atoms with Crippen LogP contribution in [0.15, 0.2) is 11.6 Å². The second-order valence-corrected chi connectivity index (χ2v) is 16.9. The Hall–Kier alpha value is -0.370. The molecule has 0 aliphatic heterocycles. The summed E-state index contributed by atoms with van der Waals surface area (Å²) in [6, 6.07) is 0. The second kappa shape index (κ2) is 19.9. The molecular weight excluding hydrogens is 636 g/mol. The lowest BCUT2D eigenvalue weighted by Gasteiger charge is -2.58. The first-order chi connectivity index (χ1) is 22.7. The Bertz CT molecular complexity index is 971. The highest BCUT2D eigenvalue weighted by atomic mass is 31.2. The van der Waals surface area contributed by atoms with E-state index in [0.29, 0.717) is 51.6 Å². The van der Waals surface area contributed by atoms with E-state index in [1.54, 1.807) is 5.57 Å². The van der Waals surface area contributed by atoms with Gasteiger partial charge < -0.3 is 33.7 Å². The van der Waals surface area contributed by atoms with Crippen LogP contribution < -0.4 is 5.32 Å². The Labute approximate surface area is 288 Å². The van der Waals surface area contributed by atoms with E-state index in [0.717, 1.165) is 55.3 Å². The van der Waals surface area contributed by atoms with Crippen molar-refractivity contribution in [3.63, 3.8) is 0 Å². The monoisotopic (exact) mass is 701 g/mol. The van der Waals surface area contributed by atoms with Crippen molar-refractivity contribution in [2.75, 3.05) is 52.8 Å². The number of carbonyl (C=O) groups excluding carboxylic acids is 1. The van der Waals surface area contributed by atoms with Crippen molar-refractivity contribution in [3.05, 3.63) is 11.6 Å². The highest BCUT2D eigenvalue weighted by molar-refractivity contribution is 7.46. The van der Waals surface area contributed by atoms with Crippen molar-refractivity contribution in [1.82, 2.24) is 5.32 Å². The Balaban J connectivity index is 1.07. The van der Waals surface area contributed by atoms with Crippen LogP contribution in [0, 0.1) is 40.4 Å². The summed E-state index contributed by atoms with van der Waals surface area (Å²) < 4.78 is 31.9. The lowest BCUT2D eigenvalue weighted by atomic mass is 9.47. The molecule has 3 fully saturated rings. The minimum absolute atomic E-state index is 0.0248. The molecule has 9 nitrogen and oxygen atoms in total. The quantitative estimate of drug-likeness (QED) is 0.0699. The number of nitrogens with one attached hydrogen (secondary N) is 1. The zero-order valence-electron chi connectivity index (χ0n) is 29.7. The SMILES string of the molecule is CC(C)CCCCC1CCC2C3CC=C4CC(OC(=O)NCCCOCCOCCOCCOP(O)OP)CCC4(C)C3CCC12C. The molecule has 0 bridgehead atoms. The first-order valence-electron chi connectivity index (χ1n) is 18.5. The van der Waals surface area contributed by atoms with E-state index in [1.165, 1.54) is 57.8 Å².